The topological polar surface area (TPSA) is 37.5 Å². The van der Waals surface area contributed by atoms with Crippen LogP contribution < -0.4 is 0 Å². The molecular formula is C12H9ClN2OS. The number of hydrogen-bond acceptors (Lipinski definition) is 3. The number of halogens is 1. The number of aliphatic hydroxyl groups is 1. The molecule has 3 nitrogen and oxygen atoms in total. The van der Waals surface area contributed by atoms with Crippen LogP contribution in [0.1, 0.15) is 5.69 Å². The first-order chi connectivity index (χ1) is 8.29. The highest BCUT2D eigenvalue weighted by molar-refractivity contribution is 7.20. The Morgan fingerprint density at radius 2 is 2.06 bits per heavy atom. The van der Waals surface area contributed by atoms with Crippen LogP contribution in [0.5, 0.6) is 0 Å². The van der Waals surface area contributed by atoms with Gasteiger partial charge < -0.3 is 5.11 Å². The molecule has 0 unspecified atom stereocenters. The zero-order chi connectivity index (χ0) is 11.8. The molecule has 2 aromatic heterocycles. The Morgan fingerprint density at radius 3 is 2.76 bits per heavy atom. The minimum absolute atomic E-state index is 0.0571. The molecule has 0 aliphatic rings. The van der Waals surface area contributed by atoms with Gasteiger partial charge in [0.25, 0.3) is 0 Å². The Labute approximate surface area is 107 Å². The lowest BCUT2D eigenvalue weighted by Crippen LogP contribution is -1.91. The molecule has 1 aromatic carbocycles. The number of nitrogens with zero attached hydrogens (tertiary/aromatic N) is 2. The van der Waals surface area contributed by atoms with Crippen molar-refractivity contribution in [1.82, 2.24) is 9.38 Å². The van der Waals surface area contributed by atoms with Gasteiger partial charge in [-0.25, -0.2) is 4.98 Å². The SMILES string of the molecule is OCc1c(-c2ccccc2)nc2sc(Cl)cn12. The fourth-order valence-electron chi connectivity index (χ4n) is 1.84. The van der Waals surface area contributed by atoms with Crippen molar-refractivity contribution in [2.45, 2.75) is 6.61 Å². The first-order valence-electron chi connectivity index (χ1n) is 5.12. The first-order valence-corrected chi connectivity index (χ1v) is 6.31. The highest BCUT2D eigenvalue weighted by Crippen LogP contribution is 2.30. The summed E-state index contributed by atoms with van der Waals surface area (Å²) in [6, 6.07) is 9.83. The summed E-state index contributed by atoms with van der Waals surface area (Å²) in [4.78, 5) is 5.32. The van der Waals surface area contributed by atoms with E-state index >= 15 is 0 Å². The Hall–Kier alpha value is -1.36. The van der Waals surface area contributed by atoms with Crippen LogP contribution in [0.15, 0.2) is 36.5 Å². The van der Waals surface area contributed by atoms with E-state index in [1.54, 1.807) is 6.20 Å². The van der Waals surface area contributed by atoms with E-state index in [-0.39, 0.29) is 6.61 Å². The minimum atomic E-state index is -0.0571. The quantitative estimate of drug-likeness (QED) is 0.772. The van der Waals surface area contributed by atoms with Gasteiger partial charge in [-0.05, 0) is 0 Å². The average molecular weight is 265 g/mol. The van der Waals surface area contributed by atoms with Crippen LogP contribution in [0.4, 0.5) is 0 Å². The van der Waals surface area contributed by atoms with E-state index in [4.69, 9.17) is 11.6 Å². The average Bonchev–Trinajstić information content (AvgIpc) is 2.85. The summed E-state index contributed by atoms with van der Waals surface area (Å²) in [6.45, 7) is -0.0571. The summed E-state index contributed by atoms with van der Waals surface area (Å²) >= 11 is 7.33. The molecule has 1 N–H and O–H groups in total. The number of benzene rings is 1. The Bertz CT molecular complexity index is 660. The molecule has 17 heavy (non-hydrogen) atoms. The zero-order valence-electron chi connectivity index (χ0n) is 8.80. The zero-order valence-corrected chi connectivity index (χ0v) is 10.4. The normalized spacial score (nSPS) is 11.2. The third-order valence-electron chi connectivity index (χ3n) is 2.59. The van der Waals surface area contributed by atoms with Crippen molar-refractivity contribution in [2.75, 3.05) is 0 Å². The first kappa shape index (κ1) is 10.8. The van der Waals surface area contributed by atoms with Gasteiger partial charge in [-0.2, -0.15) is 0 Å². The molecule has 5 heteroatoms. The van der Waals surface area contributed by atoms with Crippen molar-refractivity contribution >= 4 is 27.9 Å². The van der Waals surface area contributed by atoms with Gasteiger partial charge in [0, 0.05) is 11.8 Å². The summed E-state index contributed by atoms with van der Waals surface area (Å²) in [5.41, 5.74) is 2.59. The number of aromatic nitrogens is 2. The maximum absolute atomic E-state index is 9.48. The van der Waals surface area contributed by atoms with Crippen LogP contribution in [0.3, 0.4) is 0 Å². The highest BCUT2D eigenvalue weighted by Gasteiger charge is 2.14. The van der Waals surface area contributed by atoms with Crippen molar-refractivity contribution in [3.8, 4) is 11.3 Å². The van der Waals surface area contributed by atoms with Crippen LogP contribution in [0.25, 0.3) is 16.2 Å². The monoisotopic (exact) mass is 264 g/mol. The molecule has 0 radical (unpaired) electrons. The van der Waals surface area contributed by atoms with E-state index < -0.39 is 0 Å². The van der Waals surface area contributed by atoms with Crippen LogP contribution in [-0.2, 0) is 6.61 Å². The largest absolute Gasteiger partial charge is 0.390 e. The van der Waals surface area contributed by atoms with Crippen LogP contribution >= 0.6 is 22.9 Å². The third-order valence-corrected chi connectivity index (χ3v) is 3.69. The van der Waals surface area contributed by atoms with Gasteiger partial charge >= 0.3 is 0 Å². The third kappa shape index (κ3) is 1.74. The number of imidazole rings is 1. The molecule has 0 aliphatic heterocycles. The van der Waals surface area contributed by atoms with E-state index in [1.807, 2.05) is 34.7 Å². The van der Waals surface area contributed by atoms with Gasteiger partial charge in [0.1, 0.15) is 4.34 Å². The molecule has 0 aliphatic carbocycles. The molecule has 0 fully saturated rings. The molecular weight excluding hydrogens is 256 g/mol. The van der Waals surface area contributed by atoms with Crippen LogP contribution in [-0.4, -0.2) is 14.5 Å². The molecule has 0 spiro atoms. The molecule has 2 heterocycles. The van der Waals surface area contributed by atoms with Crippen molar-refractivity contribution in [1.29, 1.82) is 0 Å². The van der Waals surface area contributed by atoms with Crippen LogP contribution in [0.2, 0.25) is 4.34 Å². The fraction of sp³-hybridized carbons (Fsp3) is 0.0833. The van der Waals surface area contributed by atoms with Crippen molar-refractivity contribution in [2.24, 2.45) is 0 Å². The summed E-state index contributed by atoms with van der Waals surface area (Å²) in [6.07, 6.45) is 1.78. The van der Waals surface area contributed by atoms with Gasteiger partial charge in [0.05, 0.1) is 18.0 Å². The minimum Gasteiger partial charge on any atom is -0.390 e. The lowest BCUT2D eigenvalue weighted by molar-refractivity contribution is 0.276. The maximum atomic E-state index is 9.48. The summed E-state index contributed by atoms with van der Waals surface area (Å²) < 4.78 is 2.51. The maximum Gasteiger partial charge on any atom is 0.195 e. The number of hydrogen-bond donors (Lipinski definition) is 1. The van der Waals surface area contributed by atoms with Crippen molar-refractivity contribution < 1.29 is 5.11 Å². The van der Waals surface area contributed by atoms with Gasteiger partial charge in [-0.1, -0.05) is 53.3 Å². The van der Waals surface area contributed by atoms with Gasteiger partial charge in [0.2, 0.25) is 0 Å². The Balaban J connectivity index is 2.26. The van der Waals surface area contributed by atoms with Crippen molar-refractivity contribution in [3.63, 3.8) is 0 Å². The second kappa shape index (κ2) is 4.14. The Kier molecular flexibility index (Phi) is 2.63. The van der Waals surface area contributed by atoms with Gasteiger partial charge in [-0.3, -0.25) is 4.40 Å². The Morgan fingerprint density at radius 1 is 1.29 bits per heavy atom. The molecule has 0 atom stereocenters. The predicted octanol–water partition coefficient (Wildman–Crippen LogP) is 3.21. The number of rotatable bonds is 2. The standard InChI is InChI=1S/C12H9ClN2OS/c13-10-6-15-9(7-16)11(14-12(15)17-10)8-4-2-1-3-5-8/h1-6,16H,7H2. The molecule has 0 saturated heterocycles. The van der Waals surface area contributed by atoms with E-state index in [1.165, 1.54) is 11.3 Å². The lowest BCUT2D eigenvalue weighted by atomic mass is 10.1. The van der Waals surface area contributed by atoms with E-state index in [0.29, 0.717) is 4.34 Å². The predicted molar refractivity (Wildman–Crippen MR) is 69.4 cm³/mol. The molecule has 3 aromatic rings. The summed E-state index contributed by atoms with van der Waals surface area (Å²) in [5.74, 6) is 0. The number of aliphatic hydroxyl groups excluding tert-OH is 1. The smallest absolute Gasteiger partial charge is 0.195 e. The second-order valence-corrected chi connectivity index (χ2v) is 5.26. The van der Waals surface area contributed by atoms with Crippen LogP contribution in [0, 0.1) is 0 Å². The van der Waals surface area contributed by atoms with E-state index in [9.17, 15) is 5.11 Å². The number of fused-ring (bicyclic) bond motifs is 1. The summed E-state index contributed by atoms with van der Waals surface area (Å²) in [7, 11) is 0. The number of thiazole rings is 1. The van der Waals surface area contributed by atoms with Crippen molar-refractivity contribution in [3.05, 3.63) is 46.6 Å². The highest BCUT2D eigenvalue weighted by atomic mass is 35.5. The molecule has 3 rings (SSSR count). The van der Waals surface area contributed by atoms with Gasteiger partial charge in [0.15, 0.2) is 4.96 Å². The lowest BCUT2D eigenvalue weighted by Gasteiger charge is -2.00. The second-order valence-electron chi connectivity index (χ2n) is 3.62. The molecule has 86 valence electrons. The van der Waals surface area contributed by atoms with E-state index in [0.717, 1.165) is 21.9 Å². The summed E-state index contributed by atoms with van der Waals surface area (Å²) in [5, 5.41) is 9.48. The van der Waals surface area contributed by atoms with E-state index in [2.05, 4.69) is 4.98 Å². The molecule has 0 saturated carbocycles. The fourth-order valence-corrected chi connectivity index (χ4v) is 2.88. The van der Waals surface area contributed by atoms with Gasteiger partial charge in [-0.15, -0.1) is 0 Å². The molecule has 0 bridgehead atoms. The molecule has 0 amide bonds.